The predicted octanol–water partition coefficient (Wildman–Crippen LogP) is 2.51. The van der Waals surface area contributed by atoms with Gasteiger partial charge in [-0.25, -0.2) is 0 Å². The zero-order chi connectivity index (χ0) is 10.5. The number of hydrogen-bond acceptors (Lipinski definition) is 2. The minimum absolute atomic E-state index is 0.218. The molecule has 2 nitrogen and oxygen atoms in total. The van der Waals surface area contributed by atoms with E-state index < -0.39 is 9.04 Å². The minimum atomic E-state index is -1.13. The van der Waals surface area contributed by atoms with Crippen LogP contribution in [0.5, 0.6) is 0 Å². The van der Waals surface area contributed by atoms with Crippen LogP contribution in [0.15, 0.2) is 11.8 Å². The molecule has 13 heavy (non-hydrogen) atoms. The number of rotatable bonds is 4. The fraction of sp³-hybridized carbons (Fsp3) is 0.700. The first kappa shape index (κ1) is 12.4. The molecule has 0 fully saturated rings. The molecule has 3 heteroatoms. The molecule has 0 aromatic carbocycles. The SMILES string of the molecule is C[SiH](C)O/C(C=O)=C/CC(C)(C)C. The summed E-state index contributed by atoms with van der Waals surface area (Å²) in [6, 6.07) is 0. The van der Waals surface area contributed by atoms with Crippen molar-refractivity contribution < 1.29 is 9.22 Å². The largest absolute Gasteiger partial charge is 0.545 e. The van der Waals surface area contributed by atoms with Crippen molar-refractivity contribution in [2.75, 3.05) is 0 Å². The molecule has 76 valence electrons. The predicted molar refractivity (Wildman–Crippen MR) is 58.2 cm³/mol. The van der Waals surface area contributed by atoms with Crippen molar-refractivity contribution >= 4 is 15.3 Å². The van der Waals surface area contributed by atoms with E-state index in [1.54, 1.807) is 0 Å². The summed E-state index contributed by atoms with van der Waals surface area (Å²) in [5.74, 6) is 0.511. The summed E-state index contributed by atoms with van der Waals surface area (Å²) in [5.41, 5.74) is 0.218. The van der Waals surface area contributed by atoms with Crippen LogP contribution < -0.4 is 0 Å². The van der Waals surface area contributed by atoms with E-state index in [1.165, 1.54) is 0 Å². The Labute approximate surface area is 82.7 Å². The molecule has 0 atom stereocenters. The lowest BCUT2D eigenvalue weighted by molar-refractivity contribution is -0.106. The van der Waals surface area contributed by atoms with Crippen LogP contribution in [0.4, 0.5) is 0 Å². The summed E-state index contributed by atoms with van der Waals surface area (Å²) in [4.78, 5) is 10.6. The van der Waals surface area contributed by atoms with Crippen LogP contribution in [-0.4, -0.2) is 15.3 Å². The second kappa shape index (κ2) is 5.22. The lowest BCUT2D eigenvalue weighted by atomic mass is 9.92. The van der Waals surface area contributed by atoms with Crippen molar-refractivity contribution in [3.8, 4) is 0 Å². The molecule has 0 saturated heterocycles. The molecular weight excluding hydrogens is 180 g/mol. The van der Waals surface area contributed by atoms with Gasteiger partial charge in [0.05, 0.1) is 0 Å². The quantitative estimate of drug-likeness (QED) is 0.302. The van der Waals surface area contributed by atoms with Crippen molar-refractivity contribution in [3.05, 3.63) is 11.8 Å². The number of carbonyl (C=O) groups excluding carboxylic acids is 1. The number of allylic oxidation sites excluding steroid dienone is 2. The maximum Gasteiger partial charge on any atom is 0.229 e. The van der Waals surface area contributed by atoms with E-state index in [4.69, 9.17) is 4.43 Å². The van der Waals surface area contributed by atoms with Gasteiger partial charge in [0.1, 0.15) is 5.76 Å². The highest BCUT2D eigenvalue weighted by Crippen LogP contribution is 2.19. The summed E-state index contributed by atoms with van der Waals surface area (Å²) in [7, 11) is -1.13. The molecule has 0 aliphatic carbocycles. The standard InChI is InChI=1S/C10H20O2Si/c1-10(2,3)7-6-9(8-11)12-13(4)5/h6,8,13H,7H2,1-5H3/b9-6+. The molecule has 0 aromatic rings. The van der Waals surface area contributed by atoms with Crippen molar-refractivity contribution in [3.63, 3.8) is 0 Å². The third kappa shape index (κ3) is 7.78. The van der Waals surface area contributed by atoms with Crippen LogP contribution in [-0.2, 0) is 9.22 Å². The Bertz CT molecular complexity index is 190. The van der Waals surface area contributed by atoms with Crippen molar-refractivity contribution in [2.24, 2.45) is 5.41 Å². The number of carbonyl (C=O) groups is 1. The zero-order valence-electron chi connectivity index (χ0n) is 9.26. The fourth-order valence-corrected chi connectivity index (χ4v) is 1.50. The summed E-state index contributed by atoms with van der Waals surface area (Å²) in [6.07, 6.45) is 3.57. The maximum atomic E-state index is 10.6. The molecule has 0 N–H and O–H groups in total. The number of aldehydes is 1. The normalized spacial score (nSPS) is 13.2. The van der Waals surface area contributed by atoms with Gasteiger partial charge in [-0.15, -0.1) is 0 Å². The van der Waals surface area contributed by atoms with E-state index in [0.717, 1.165) is 12.7 Å². The van der Waals surface area contributed by atoms with Crippen LogP contribution in [0.3, 0.4) is 0 Å². The first-order valence-corrected chi connectivity index (χ1v) is 7.45. The zero-order valence-corrected chi connectivity index (χ0v) is 10.4. The Morgan fingerprint density at radius 1 is 1.38 bits per heavy atom. The first-order valence-electron chi connectivity index (χ1n) is 4.67. The first-order chi connectivity index (χ1) is 5.85. The monoisotopic (exact) mass is 200 g/mol. The van der Waals surface area contributed by atoms with E-state index in [0.29, 0.717) is 5.76 Å². The summed E-state index contributed by atoms with van der Waals surface area (Å²) in [6.45, 7) is 10.5. The van der Waals surface area contributed by atoms with Crippen LogP contribution in [0.2, 0.25) is 13.1 Å². The van der Waals surface area contributed by atoms with Gasteiger partial charge in [0.25, 0.3) is 0 Å². The molecule has 0 spiro atoms. The summed E-state index contributed by atoms with van der Waals surface area (Å²) < 4.78 is 5.43. The summed E-state index contributed by atoms with van der Waals surface area (Å²) >= 11 is 0. The highest BCUT2D eigenvalue weighted by atomic mass is 28.3. The van der Waals surface area contributed by atoms with E-state index in [1.807, 2.05) is 6.08 Å². The Hall–Kier alpha value is -0.573. The molecule has 0 bridgehead atoms. The number of hydrogen-bond donors (Lipinski definition) is 0. The minimum Gasteiger partial charge on any atom is -0.545 e. The van der Waals surface area contributed by atoms with Crippen LogP contribution in [0.25, 0.3) is 0 Å². The van der Waals surface area contributed by atoms with Crippen molar-refractivity contribution in [1.82, 2.24) is 0 Å². The lowest BCUT2D eigenvalue weighted by Crippen LogP contribution is -2.09. The van der Waals surface area contributed by atoms with Crippen LogP contribution in [0, 0.1) is 5.41 Å². The highest BCUT2D eigenvalue weighted by molar-refractivity contribution is 6.49. The average Bonchev–Trinajstić information content (AvgIpc) is 1.95. The van der Waals surface area contributed by atoms with E-state index in [2.05, 4.69) is 33.9 Å². The van der Waals surface area contributed by atoms with Gasteiger partial charge in [-0.05, 0) is 31.0 Å². The highest BCUT2D eigenvalue weighted by Gasteiger charge is 2.09. The molecule has 0 unspecified atom stereocenters. The Morgan fingerprint density at radius 3 is 2.23 bits per heavy atom. The van der Waals surface area contributed by atoms with Gasteiger partial charge in [-0.1, -0.05) is 20.8 Å². The molecule has 0 aliphatic heterocycles. The fourth-order valence-electron chi connectivity index (χ4n) is 0.803. The second-order valence-electron chi connectivity index (χ2n) is 4.66. The van der Waals surface area contributed by atoms with Crippen molar-refractivity contribution in [2.45, 2.75) is 40.3 Å². The Balaban J connectivity index is 4.15. The van der Waals surface area contributed by atoms with Gasteiger partial charge in [0, 0.05) is 0 Å². The van der Waals surface area contributed by atoms with Gasteiger partial charge < -0.3 is 4.43 Å². The maximum absolute atomic E-state index is 10.6. The average molecular weight is 200 g/mol. The molecule has 0 aliphatic rings. The third-order valence-electron chi connectivity index (χ3n) is 1.40. The molecule has 0 rings (SSSR count). The van der Waals surface area contributed by atoms with Crippen molar-refractivity contribution in [1.29, 1.82) is 0 Å². The molecule has 0 amide bonds. The smallest absolute Gasteiger partial charge is 0.229 e. The summed E-state index contributed by atoms with van der Waals surface area (Å²) in [5, 5.41) is 0. The van der Waals surface area contributed by atoms with E-state index in [-0.39, 0.29) is 5.41 Å². The molecule has 0 heterocycles. The molecular formula is C10H20O2Si. The second-order valence-corrected chi connectivity index (χ2v) is 6.99. The topological polar surface area (TPSA) is 26.3 Å². The Morgan fingerprint density at radius 2 is 1.92 bits per heavy atom. The third-order valence-corrected chi connectivity index (χ3v) is 2.15. The molecule has 0 saturated carbocycles. The van der Waals surface area contributed by atoms with E-state index in [9.17, 15) is 4.79 Å². The van der Waals surface area contributed by atoms with E-state index >= 15 is 0 Å². The molecule has 0 radical (unpaired) electrons. The van der Waals surface area contributed by atoms with Gasteiger partial charge in [0.2, 0.25) is 9.04 Å². The molecule has 0 aromatic heterocycles. The van der Waals surface area contributed by atoms with Crippen LogP contribution >= 0.6 is 0 Å². The Kier molecular flexibility index (Phi) is 4.99. The van der Waals surface area contributed by atoms with Gasteiger partial charge >= 0.3 is 0 Å². The van der Waals surface area contributed by atoms with Gasteiger partial charge in [-0.2, -0.15) is 0 Å². The lowest BCUT2D eigenvalue weighted by Gasteiger charge is -2.16. The van der Waals surface area contributed by atoms with Gasteiger partial charge in [0.15, 0.2) is 6.29 Å². The van der Waals surface area contributed by atoms with Gasteiger partial charge in [-0.3, -0.25) is 4.79 Å². The van der Waals surface area contributed by atoms with Crippen LogP contribution in [0.1, 0.15) is 27.2 Å².